The smallest absolute Gasteiger partial charge is 0.260 e. The molecule has 1 atom stereocenters. The summed E-state index contributed by atoms with van der Waals surface area (Å²) in [5.74, 6) is 1.20. The number of halogens is 1. The van der Waals surface area contributed by atoms with Gasteiger partial charge in [0.15, 0.2) is 6.10 Å². The maximum Gasteiger partial charge on any atom is 0.260 e. The van der Waals surface area contributed by atoms with Crippen molar-refractivity contribution < 1.29 is 14.3 Å². The summed E-state index contributed by atoms with van der Waals surface area (Å²) >= 11 is 5.89. The van der Waals surface area contributed by atoms with Gasteiger partial charge >= 0.3 is 0 Å². The number of nitrogens with one attached hydrogen (secondary N) is 1. The van der Waals surface area contributed by atoms with Crippen LogP contribution >= 0.6 is 11.6 Å². The molecule has 2 rings (SSSR count). The Bertz CT molecular complexity index is 703. The van der Waals surface area contributed by atoms with Gasteiger partial charge in [-0.05, 0) is 50.6 Å². The van der Waals surface area contributed by atoms with Crippen molar-refractivity contribution in [2.24, 2.45) is 0 Å². The lowest BCUT2D eigenvalue weighted by molar-refractivity contribution is -0.127. The lowest BCUT2D eigenvalue weighted by Crippen LogP contribution is -2.38. The fourth-order valence-electron chi connectivity index (χ4n) is 2.24. The molecule has 0 radical (unpaired) electrons. The first-order valence-electron chi connectivity index (χ1n) is 7.85. The molecule has 0 fully saturated rings. The predicted molar refractivity (Wildman–Crippen MR) is 96.0 cm³/mol. The molecule has 1 N–H and O–H groups in total. The van der Waals surface area contributed by atoms with Crippen molar-refractivity contribution in [3.05, 3.63) is 58.6 Å². The second-order valence-corrected chi connectivity index (χ2v) is 6.06. The Hall–Kier alpha value is -2.20. The first-order chi connectivity index (χ1) is 11.5. The summed E-state index contributed by atoms with van der Waals surface area (Å²) in [7, 11) is 0. The first-order valence-corrected chi connectivity index (χ1v) is 8.23. The van der Waals surface area contributed by atoms with Gasteiger partial charge in [0.1, 0.15) is 18.1 Å². The largest absolute Gasteiger partial charge is 0.491 e. The SMILES string of the molecule is Cc1ccc(OCCNC(=O)[C@@H](C)Oc2cccc(Cl)c2)c(C)c1. The molecule has 1 amide bonds. The van der Waals surface area contributed by atoms with E-state index in [9.17, 15) is 4.79 Å². The van der Waals surface area contributed by atoms with E-state index >= 15 is 0 Å². The van der Waals surface area contributed by atoms with Crippen LogP contribution in [-0.4, -0.2) is 25.2 Å². The minimum atomic E-state index is -0.607. The van der Waals surface area contributed by atoms with Crippen LogP contribution in [0.2, 0.25) is 5.02 Å². The number of benzene rings is 2. The molecular formula is C19H22ClNO3. The van der Waals surface area contributed by atoms with E-state index in [1.807, 2.05) is 26.0 Å². The van der Waals surface area contributed by atoms with Crippen molar-refractivity contribution in [2.45, 2.75) is 26.9 Å². The molecule has 5 heteroatoms. The average molecular weight is 348 g/mol. The van der Waals surface area contributed by atoms with Crippen LogP contribution < -0.4 is 14.8 Å². The Kier molecular flexibility index (Phi) is 6.50. The molecule has 24 heavy (non-hydrogen) atoms. The highest BCUT2D eigenvalue weighted by molar-refractivity contribution is 6.30. The molecule has 0 saturated carbocycles. The highest BCUT2D eigenvalue weighted by atomic mass is 35.5. The Morgan fingerprint density at radius 1 is 1.21 bits per heavy atom. The monoisotopic (exact) mass is 347 g/mol. The summed E-state index contributed by atoms with van der Waals surface area (Å²) < 4.78 is 11.3. The van der Waals surface area contributed by atoms with Gasteiger partial charge in [-0.25, -0.2) is 0 Å². The van der Waals surface area contributed by atoms with Crippen molar-refractivity contribution in [1.29, 1.82) is 0 Å². The van der Waals surface area contributed by atoms with Crippen molar-refractivity contribution >= 4 is 17.5 Å². The van der Waals surface area contributed by atoms with Crippen LogP contribution in [0.25, 0.3) is 0 Å². The standard InChI is InChI=1S/C19H22ClNO3/c1-13-7-8-18(14(2)11-13)23-10-9-21-19(22)15(3)24-17-6-4-5-16(20)12-17/h4-8,11-12,15H,9-10H2,1-3H3,(H,21,22)/t15-/m1/s1. The first kappa shape index (κ1) is 18.1. The van der Waals surface area contributed by atoms with Crippen LogP contribution in [0, 0.1) is 13.8 Å². The maximum atomic E-state index is 12.0. The summed E-state index contributed by atoms with van der Waals surface area (Å²) in [4.78, 5) is 12.0. The van der Waals surface area contributed by atoms with Crippen molar-refractivity contribution in [3.8, 4) is 11.5 Å². The molecule has 2 aromatic rings. The Morgan fingerprint density at radius 3 is 2.71 bits per heavy atom. The zero-order valence-electron chi connectivity index (χ0n) is 14.1. The molecule has 4 nitrogen and oxygen atoms in total. The highest BCUT2D eigenvalue weighted by Gasteiger charge is 2.14. The second-order valence-electron chi connectivity index (χ2n) is 5.63. The van der Waals surface area contributed by atoms with Gasteiger partial charge in [-0.1, -0.05) is 35.4 Å². The Morgan fingerprint density at radius 2 is 2.00 bits per heavy atom. The third-order valence-corrected chi connectivity index (χ3v) is 3.70. The molecule has 0 aliphatic rings. The lowest BCUT2D eigenvalue weighted by atomic mass is 10.1. The van der Waals surface area contributed by atoms with E-state index in [4.69, 9.17) is 21.1 Å². The zero-order chi connectivity index (χ0) is 17.5. The summed E-state index contributed by atoms with van der Waals surface area (Å²) in [6, 6.07) is 13.0. The van der Waals surface area contributed by atoms with E-state index in [2.05, 4.69) is 11.4 Å². The molecule has 0 aromatic heterocycles. The van der Waals surface area contributed by atoms with Gasteiger partial charge < -0.3 is 14.8 Å². The van der Waals surface area contributed by atoms with Gasteiger partial charge in [0.05, 0.1) is 6.54 Å². The number of carbonyl (C=O) groups is 1. The van der Waals surface area contributed by atoms with Crippen molar-refractivity contribution in [3.63, 3.8) is 0 Å². The summed E-state index contributed by atoms with van der Waals surface area (Å²) in [5.41, 5.74) is 2.28. The van der Waals surface area contributed by atoms with Crippen LogP contribution in [0.4, 0.5) is 0 Å². The molecule has 0 bridgehead atoms. The van der Waals surface area contributed by atoms with Crippen LogP contribution in [0.5, 0.6) is 11.5 Å². The lowest BCUT2D eigenvalue weighted by Gasteiger charge is -2.15. The molecular weight excluding hydrogens is 326 g/mol. The van der Waals surface area contributed by atoms with Crippen LogP contribution in [0.3, 0.4) is 0 Å². The van der Waals surface area contributed by atoms with Gasteiger partial charge in [0, 0.05) is 5.02 Å². The van der Waals surface area contributed by atoms with E-state index in [-0.39, 0.29) is 5.91 Å². The Labute approximate surface area is 147 Å². The van der Waals surface area contributed by atoms with Crippen LogP contribution in [0.15, 0.2) is 42.5 Å². The maximum absolute atomic E-state index is 12.0. The van der Waals surface area contributed by atoms with E-state index in [0.29, 0.717) is 23.9 Å². The number of hydrogen-bond donors (Lipinski definition) is 1. The van der Waals surface area contributed by atoms with Crippen LogP contribution in [-0.2, 0) is 4.79 Å². The van der Waals surface area contributed by atoms with Gasteiger partial charge in [0.25, 0.3) is 5.91 Å². The molecule has 0 aliphatic heterocycles. The number of rotatable bonds is 7. The summed E-state index contributed by atoms with van der Waals surface area (Å²) in [5, 5.41) is 3.37. The van der Waals surface area contributed by atoms with E-state index < -0.39 is 6.10 Å². The van der Waals surface area contributed by atoms with Gasteiger partial charge in [-0.3, -0.25) is 4.79 Å². The van der Waals surface area contributed by atoms with Crippen molar-refractivity contribution in [1.82, 2.24) is 5.32 Å². The fourth-order valence-corrected chi connectivity index (χ4v) is 2.42. The number of hydrogen-bond acceptors (Lipinski definition) is 3. The molecule has 128 valence electrons. The predicted octanol–water partition coefficient (Wildman–Crippen LogP) is 3.92. The number of carbonyl (C=O) groups excluding carboxylic acids is 1. The minimum Gasteiger partial charge on any atom is -0.491 e. The zero-order valence-corrected chi connectivity index (χ0v) is 14.9. The molecule has 0 heterocycles. The van der Waals surface area contributed by atoms with Gasteiger partial charge in [-0.15, -0.1) is 0 Å². The molecule has 0 aliphatic carbocycles. The van der Waals surface area contributed by atoms with Crippen LogP contribution in [0.1, 0.15) is 18.1 Å². The quantitative estimate of drug-likeness (QED) is 0.772. The molecule has 2 aromatic carbocycles. The molecule has 0 unspecified atom stereocenters. The third kappa shape index (κ3) is 5.46. The Balaban J connectivity index is 1.74. The minimum absolute atomic E-state index is 0.195. The normalized spacial score (nSPS) is 11.7. The topological polar surface area (TPSA) is 47.6 Å². The number of aryl methyl sites for hydroxylation is 2. The van der Waals surface area contributed by atoms with E-state index in [0.717, 1.165) is 11.3 Å². The fraction of sp³-hybridized carbons (Fsp3) is 0.316. The summed E-state index contributed by atoms with van der Waals surface area (Å²) in [6.07, 6.45) is -0.607. The second kappa shape index (κ2) is 8.60. The van der Waals surface area contributed by atoms with E-state index in [1.165, 1.54) is 5.56 Å². The average Bonchev–Trinajstić information content (AvgIpc) is 2.53. The molecule has 0 spiro atoms. The highest BCUT2D eigenvalue weighted by Crippen LogP contribution is 2.19. The number of amides is 1. The third-order valence-electron chi connectivity index (χ3n) is 3.47. The summed E-state index contributed by atoms with van der Waals surface area (Å²) in [6.45, 7) is 6.55. The van der Waals surface area contributed by atoms with Gasteiger partial charge in [0.2, 0.25) is 0 Å². The number of ether oxygens (including phenoxy) is 2. The molecule has 0 saturated heterocycles. The van der Waals surface area contributed by atoms with Gasteiger partial charge in [-0.2, -0.15) is 0 Å². The van der Waals surface area contributed by atoms with Crippen molar-refractivity contribution in [2.75, 3.05) is 13.2 Å². The van der Waals surface area contributed by atoms with E-state index in [1.54, 1.807) is 31.2 Å².